The Hall–Kier alpha value is -2.39. The number of hydrogen-bond acceptors (Lipinski definition) is 4. The molecule has 0 atom stereocenters. The number of carbonyl (C=O) groups excluding carboxylic acids is 2. The summed E-state index contributed by atoms with van der Waals surface area (Å²) in [5.74, 6) is 0.0324. The molecule has 28 heavy (non-hydrogen) atoms. The van der Waals surface area contributed by atoms with Crippen LogP contribution in [0, 0.1) is 11.3 Å². The molecule has 1 aliphatic carbocycles. The molecule has 0 aromatic heterocycles. The molecule has 150 valence electrons. The molecule has 0 bridgehead atoms. The van der Waals surface area contributed by atoms with Crippen molar-refractivity contribution in [3.8, 4) is 6.07 Å². The van der Waals surface area contributed by atoms with Crippen molar-refractivity contribution in [3.05, 3.63) is 35.9 Å². The second kappa shape index (κ2) is 8.32. The smallest absolute Gasteiger partial charge is 0.235 e. The van der Waals surface area contributed by atoms with E-state index in [2.05, 4.69) is 16.3 Å². The summed E-state index contributed by atoms with van der Waals surface area (Å²) in [6.45, 7) is 6.79. The van der Waals surface area contributed by atoms with Gasteiger partial charge in [-0.3, -0.25) is 14.5 Å². The summed E-state index contributed by atoms with van der Waals surface area (Å²) >= 11 is 0. The van der Waals surface area contributed by atoms with Gasteiger partial charge in [-0.05, 0) is 45.1 Å². The molecule has 1 saturated heterocycles. The van der Waals surface area contributed by atoms with Gasteiger partial charge < -0.3 is 10.2 Å². The summed E-state index contributed by atoms with van der Waals surface area (Å²) in [4.78, 5) is 29.4. The molecule has 1 aliphatic heterocycles. The molecule has 1 aromatic rings. The zero-order valence-corrected chi connectivity index (χ0v) is 16.9. The van der Waals surface area contributed by atoms with Gasteiger partial charge in [0.05, 0.1) is 18.0 Å². The van der Waals surface area contributed by atoms with E-state index in [0.29, 0.717) is 26.2 Å². The van der Waals surface area contributed by atoms with Gasteiger partial charge >= 0.3 is 0 Å². The number of amides is 2. The number of nitriles is 1. The first-order valence-corrected chi connectivity index (χ1v) is 10.2. The highest BCUT2D eigenvalue weighted by Gasteiger charge is 2.37. The van der Waals surface area contributed by atoms with Crippen molar-refractivity contribution < 1.29 is 9.59 Å². The van der Waals surface area contributed by atoms with Crippen LogP contribution < -0.4 is 5.32 Å². The van der Waals surface area contributed by atoms with E-state index in [1.807, 2.05) is 49.1 Å². The van der Waals surface area contributed by atoms with Crippen LogP contribution in [0.2, 0.25) is 0 Å². The zero-order chi connectivity index (χ0) is 20.2. The SMILES string of the molecule is CC(C)(C(=O)N1CCN(CC(=O)NC2(C#N)CCCC2)CC1)c1ccccc1. The third-order valence-corrected chi connectivity index (χ3v) is 6.11. The highest BCUT2D eigenvalue weighted by Crippen LogP contribution is 2.29. The standard InChI is InChI=1S/C22H30N4O2/c1-21(2,18-8-4-3-5-9-18)20(28)26-14-12-25(13-15-26)16-19(27)24-22(17-23)10-6-7-11-22/h3-5,8-9H,6-7,10-16H2,1-2H3,(H,24,27). The van der Waals surface area contributed by atoms with Gasteiger partial charge in [-0.25, -0.2) is 0 Å². The summed E-state index contributed by atoms with van der Waals surface area (Å²) in [5.41, 5.74) is -0.225. The fourth-order valence-corrected chi connectivity index (χ4v) is 4.24. The van der Waals surface area contributed by atoms with Crippen molar-refractivity contribution in [3.63, 3.8) is 0 Å². The minimum atomic E-state index is -0.672. The van der Waals surface area contributed by atoms with E-state index in [-0.39, 0.29) is 18.4 Å². The summed E-state index contributed by atoms with van der Waals surface area (Å²) < 4.78 is 0. The van der Waals surface area contributed by atoms with Gasteiger partial charge in [0, 0.05) is 26.2 Å². The molecule has 0 radical (unpaired) electrons. The van der Waals surface area contributed by atoms with Gasteiger partial charge in [0.25, 0.3) is 0 Å². The first kappa shape index (κ1) is 20.3. The Balaban J connectivity index is 1.51. The maximum absolute atomic E-state index is 13.1. The predicted octanol–water partition coefficient (Wildman–Crippen LogP) is 2.06. The van der Waals surface area contributed by atoms with Crippen LogP contribution in [-0.2, 0) is 15.0 Å². The average molecular weight is 383 g/mol. The van der Waals surface area contributed by atoms with Gasteiger partial charge in [0.2, 0.25) is 11.8 Å². The van der Waals surface area contributed by atoms with Gasteiger partial charge in [0.15, 0.2) is 0 Å². The third-order valence-electron chi connectivity index (χ3n) is 6.11. The molecule has 0 spiro atoms. The molecule has 1 saturated carbocycles. The largest absolute Gasteiger partial charge is 0.339 e. The van der Waals surface area contributed by atoms with Crippen LogP contribution in [0.25, 0.3) is 0 Å². The van der Waals surface area contributed by atoms with E-state index in [1.54, 1.807) is 0 Å². The van der Waals surface area contributed by atoms with Crippen molar-refractivity contribution in [2.24, 2.45) is 0 Å². The van der Waals surface area contributed by atoms with E-state index in [4.69, 9.17) is 0 Å². The van der Waals surface area contributed by atoms with Crippen LogP contribution in [-0.4, -0.2) is 59.9 Å². The van der Waals surface area contributed by atoms with Crippen LogP contribution in [0.5, 0.6) is 0 Å². The molecule has 1 heterocycles. The normalized spacial score (nSPS) is 19.8. The van der Waals surface area contributed by atoms with E-state index in [0.717, 1.165) is 31.2 Å². The molecule has 2 aliphatic rings. The number of rotatable bonds is 5. The quantitative estimate of drug-likeness (QED) is 0.846. The first-order valence-electron chi connectivity index (χ1n) is 10.2. The van der Waals surface area contributed by atoms with Crippen LogP contribution in [0.4, 0.5) is 0 Å². The molecular formula is C22H30N4O2. The summed E-state index contributed by atoms with van der Waals surface area (Å²) in [6, 6.07) is 12.2. The van der Waals surface area contributed by atoms with Crippen LogP contribution >= 0.6 is 0 Å². The Kier molecular flexibility index (Phi) is 6.04. The van der Waals surface area contributed by atoms with Crippen molar-refractivity contribution in [1.29, 1.82) is 5.26 Å². The van der Waals surface area contributed by atoms with E-state index in [9.17, 15) is 14.9 Å². The lowest BCUT2D eigenvalue weighted by Gasteiger charge is -2.38. The highest BCUT2D eigenvalue weighted by atomic mass is 16.2. The van der Waals surface area contributed by atoms with Gasteiger partial charge in [-0.1, -0.05) is 30.3 Å². The lowest BCUT2D eigenvalue weighted by atomic mass is 9.83. The number of hydrogen-bond donors (Lipinski definition) is 1. The minimum absolute atomic E-state index is 0.0900. The highest BCUT2D eigenvalue weighted by molar-refractivity contribution is 5.87. The second-order valence-electron chi connectivity index (χ2n) is 8.51. The second-order valence-corrected chi connectivity index (χ2v) is 8.51. The molecule has 2 fully saturated rings. The number of nitrogens with one attached hydrogen (secondary N) is 1. The number of nitrogens with zero attached hydrogens (tertiary/aromatic N) is 3. The molecular weight excluding hydrogens is 352 g/mol. The molecule has 1 aromatic carbocycles. The average Bonchev–Trinajstić information content (AvgIpc) is 3.17. The Labute approximate surface area is 167 Å². The topological polar surface area (TPSA) is 76.4 Å². The molecule has 3 rings (SSSR count). The minimum Gasteiger partial charge on any atom is -0.339 e. The first-order chi connectivity index (χ1) is 13.4. The lowest BCUT2D eigenvalue weighted by molar-refractivity contribution is -0.138. The summed E-state index contributed by atoms with van der Waals surface area (Å²) in [6.07, 6.45) is 3.47. The molecule has 2 amide bonds. The predicted molar refractivity (Wildman–Crippen MR) is 107 cm³/mol. The van der Waals surface area contributed by atoms with E-state index in [1.165, 1.54) is 0 Å². The van der Waals surface area contributed by atoms with Gasteiger partial charge in [0.1, 0.15) is 5.54 Å². The summed E-state index contributed by atoms with van der Waals surface area (Å²) in [5, 5.41) is 12.4. The maximum atomic E-state index is 13.1. The molecule has 1 N–H and O–H groups in total. The Morgan fingerprint density at radius 2 is 1.71 bits per heavy atom. The Bertz CT molecular complexity index is 740. The number of piperazine rings is 1. The molecule has 6 heteroatoms. The maximum Gasteiger partial charge on any atom is 0.235 e. The van der Waals surface area contributed by atoms with Crippen LogP contribution in [0.1, 0.15) is 45.1 Å². The van der Waals surface area contributed by atoms with Gasteiger partial charge in [-0.15, -0.1) is 0 Å². The van der Waals surface area contributed by atoms with Crippen LogP contribution in [0.15, 0.2) is 30.3 Å². The van der Waals surface area contributed by atoms with Crippen molar-refractivity contribution in [2.45, 2.75) is 50.5 Å². The monoisotopic (exact) mass is 382 g/mol. The summed E-state index contributed by atoms with van der Waals surface area (Å²) in [7, 11) is 0. The zero-order valence-electron chi connectivity index (χ0n) is 16.9. The van der Waals surface area contributed by atoms with Crippen molar-refractivity contribution >= 4 is 11.8 Å². The lowest BCUT2D eigenvalue weighted by Crippen LogP contribution is -2.55. The Morgan fingerprint density at radius 3 is 2.29 bits per heavy atom. The third kappa shape index (κ3) is 4.36. The molecule has 0 unspecified atom stereocenters. The van der Waals surface area contributed by atoms with E-state index < -0.39 is 11.0 Å². The number of benzene rings is 1. The van der Waals surface area contributed by atoms with Crippen LogP contribution in [0.3, 0.4) is 0 Å². The van der Waals surface area contributed by atoms with Gasteiger partial charge in [-0.2, -0.15) is 5.26 Å². The number of carbonyl (C=O) groups is 2. The van der Waals surface area contributed by atoms with Crippen molar-refractivity contribution in [2.75, 3.05) is 32.7 Å². The fourth-order valence-electron chi connectivity index (χ4n) is 4.24. The Morgan fingerprint density at radius 1 is 1.11 bits per heavy atom. The van der Waals surface area contributed by atoms with Crippen molar-refractivity contribution in [1.82, 2.24) is 15.1 Å². The van der Waals surface area contributed by atoms with E-state index >= 15 is 0 Å². The molecule has 6 nitrogen and oxygen atoms in total. The fraction of sp³-hybridized carbons (Fsp3) is 0.591.